The summed E-state index contributed by atoms with van der Waals surface area (Å²) in [7, 11) is 0. The Hall–Kier alpha value is -6.67. The first-order chi connectivity index (χ1) is 29.6. The number of phenols is 1. The highest BCUT2D eigenvalue weighted by atomic mass is 32.2. The van der Waals surface area contributed by atoms with Crippen molar-refractivity contribution in [3.8, 4) is 5.75 Å². The molecule has 5 atom stereocenters. The first-order valence-electron chi connectivity index (χ1n) is 19.9. The number of rotatable bonds is 26. The van der Waals surface area contributed by atoms with Gasteiger partial charge >= 0.3 is 5.96 Å². The van der Waals surface area contributed by atoms with Crippen LogP contribution in [0, 0.1) is 0 Å². The number of aromatic hydroxyl groups is 1. The minimum Gasteiger partial charge on any atom is -0.548 e. The van der Waals surface area contributed by atoms with Crippen molar-refractivity contribution in [3.63, 3.8) is 0 Å². The number of nitrogens with two attached hydrogens (primary N) is 2. The number of nitrogens with one attached hydrogen (secondary N) is 7. The van der Waals surface area contributed by atoms with Gasteiger partial charge in [0.05, 0.1) is 31.6 Å². The lowest BCUT2D eigenvalue weighted by molar-refractivity contribution is -0.459. The Kier molecular flexibility index (Phi) is 21.3. The molecule has 19 nitrogen and oxygen atoms in total. The van der Waals surface area contributed by atoms with Crippen LogP contribution in [0.5, 0.6) is 5.75 Å². The number of aliphatic carboxylic acids is 1. The van der Waals surface area contributed by atoms with Crippen LogP contribution in [-0.4, -0.2) is 114 Å². The number of guanidine groups is 1. The monoisotopic (exact) mass is 877 g/mol. The van der Waals surface area contributed by atoms with Crippen molar-refractivity contribution in [3.05, 3.63) is 102 Å². The van der Waals surface area contributed by atoms with Crippen molar-refractivity contribution < 1.29 is 54.5 Å². The van der Waals surface area contributed by atoms with Crippen LogP contribution in [0.4, 0.5) is 0 Å². The maximum Gasteiger partial charge on any atom is 0.338 e. The Labute approximate surface area is 363 Å². The molecule has 0 radical (unpaired) electrons. The van der Waals surface area contributed by atoms with Crippen LogP contribution in [0.3, 0.4) is 0 Å². The topological polar surface area (TPSA) is 329 Å². The smallest absolute Gasteiger partial charge is 0.338 e. The van der Waals surface area contributed by atoms with Crippen LogP contribution < -0.4 is 59.2 Å². The zero-order chi connectivity index (χ0) is 45.4. The molecule has 3 rings (SSSR count). The van der Waals surface area contributed by atoms with Crippen LogP contribution in [0.25, 0.3) is 0 Å². The number of quaternary nitrogens is 1. The summed E-state index contributed by atoms with van der Waals surface area (Å²) in [6.07, 6.45) is 2.44. The van der Waals surface area contributed by atoms with Gasteiger partial charge in [-0.05, 0) is 66.5 Å². The summed E-state index contributed by atoms with van der Waals surface area (Å²) >= 11 is 1.41. The summed E-state index contributed by atoms with van der Waals surface area (Å²) in [5.74, 6) is -5.23. The van der Waals surface area contributed by atoms with Gasteiger partial charge < -0.3 is 52.6 Å². The minimum atomic E-state index is -1.52. The van der Waals surface area contributed by atoms with Crippen LogP contribution in [0.15, 0.2) is 84.9 Å². The van der Waals surface area contributed by atoms with Crippen LogP contribution >= 0.6 is 11.8 Å². The van der Waals surface area contributed by atoms with Gasteiger partial charge in [-0.1, -0.05) is 72.8 Å². The largest absolute Gasteiger partial charge is 0.548 e. The molecule has 0 bridgehead atoms. The average Bonchev–Trinajstić information content (AvgIpc) is 3.25. The second-order valence-electron chi connectivity index (χ2n) is 14.4. The fourth-order valence-electron chi connectivity index (χ4n) is 6.04. The van der Waals surface area contributed by atoms with Gasteiger partial charge in [0.15, 0.2) is 6.04 Å². The van der Waals surface area contributed by atoms with Crippen molar-refractivity contribution in [2.45, 2.75) is 68.7 Å². The van der Waals surface area contributed by atoms with E-state index in [0.29, 0.717) is 16.9 Å². The third-order valence-corrected chi connectivity index (χ3v) is 10.00. The number of carboxylic acids is 1. The molecule has 0 saturated heterocycles. The molecule has 62 heavy (non-hydrogen) atoms. The molecule has 334 valence electrons. The minimum absolute atomic E-state index is 0.0105. The Morgan fingerprint density at radius 3 is 1.69 bits per heavy atom. The van der Waals surface area contributed by atoms with Gasteiger partial charge in [0.25, 0.3) is 5.91 Å². The Morgan fingerprint density at radius 1 is 0.645 bits per heavy atom. The third-order valence-electron chi connectivity index (χ3n) is 9.35. The van der Waals surface area contributed by atoms with Crippen molar-refractivity contribution >= 4 is 59.1 Å². The highest BCUT2D eigenvalue weighted by Gasteiger charge is 2.31. The lowest BCUT2D eigenvalue weighted by atomic mass is 10.0. The molecular weight excluding hydrogens is 821 g/mol. The van der Waals surface area contributed by atoms with Crippen molar-refractivity contribution in [1.82, 2.24) is 31.9 Å². The van der Waals surface area contributed by atoms with Gasteiger partial charge in [-0.2, -0.15) is 11.8 Å². The zero-order valence-corrected chi connectivity index (χ0v) is 35.3. The fourth-order valence-corrected chi connectivity index (χ4v) is 6.51. The molecule has 6 amide bonds. The van der Waals surface area contributed by atoms with Crippen LogP contribution in [-0.2, 0) is 52.8 Å². The highest BCUT2D eigenvalue weighted by molar-refractivity contribution is 7.98. The van der Waals surface area contributed by atoms with E-state index in [1.54, 1.807) is 79.1 Å². The summed E-state index contributed by atoms with van der Waals surface area (Å²) in [5.41, 5.74) is 16.9. The molecule has 3 aromatic carbocycles. The number of hydrogen-bond acceptors (Lipinski definition) is 10. The first kappa shape index (κ1) is 49.7. The van der Waals surface area contributed by atoms with E-state index < -0.39 is 84.7 Å². The molecule has 15 N–H and O–H groups in total. The maximum absolute atomic E-state index is 13.9. The Bertz CT molecular complexity index is 1970. The van der Waals surface area contributed by atoms with E-state index in [1.165, 1.54) is 23.9 Å². The Morgan fingerprint density at radius 2 is 1.15 bits per heavy atom. The van der Waals surface area contributed by atoms with Crippen LogP contribution in [0.1, 0.15) is 36.0 Å². The molecular formula is C42H57N10O9S+. The Balaban J connectivity index is 1.69. The van der Waals surface area contributed by atoms with E-state index in [4.69, 9.17) is 11.5 Å². The van der Waals surface area contributed by atoms with E-state index >= 15 is 0 Å². The summed E-state index contributed by atoms with van der Waals surface area (Å²) in [6.45, 7) is -0.748. The third kappa shape index (κ3) is 18.7. The lowest BCUT2D eigenvalue weighted by Gasteiger charge is -2.27. The number of hydrogen-bond donors (Lipinski definition) is 11. The molecule has 0 fully saturated rings. The maximum atomic E-state index is 13.9. The molecule has 0 aliphatic heterocycles. The van der Waals surface area contributed by atoms with Gasteiger partial charge in [0.1, 0.15) is 23.9 Å². The molecule has 3 aromatic rings. The molecule has 0 aromatic heterocycles. The summed E-state index contributed by atoms with van der Waals surface area (Å²) in [5, 5.41) is 36.9. The first-order valence-corrected chi connectivity index (χ1v) is 21.3. The van der Waals surface area contributed by atoms with Gasteiger partial charge in [0, 0.05) is 12.8 Å². The molecule has 0 unspecified atom stereocenters. The van der Waals surface area contributed by atoms with Gasteiger partial charge in [-0.3, -0.25) is 45.2 Å². The number of amides is 6. The summed E-state index contributed by atoms with van der Waals surface area (Å²) in [4.78, 5) is 94.5. The molecule has 0 spiro atoms. The lowest BCUT2D eigenvalue weighted by Crippen LogP contribution is -2.78. The predicted molar refractivity (Wildman–Crippen MR) is 229 cm³/mol. The highest BCUT2D eigenvalue weighted by Crippen LogP contribution is 2.11. The number of carbonyl (C=O) groups excluding carboxylic acids is 7. The van der Waals surface area contributed by atoms with E-state index in [2.05, 4.69) is 42.6 Å². The number of phenolic OH excluding ortho intramolecular Hbond substituents is 1. The summed E-state index contributed by atoms with van der Waals surface area (Å²) < 4.78 is 0. The van der Waals surface area contributed by atoms with Crippen molar-refractivity contribution in [1.29, 1.82) is 0 Å². The average molecular weight is 878 g/mol. The summed E-state index contributed by atoms with van der Waals surface area (Å²) in [6, 6.07) is 17.9. The molecule has 0 aliphatic carbocycles. The molecule has 0 aliphatic rings. The van der Waals surface area contributed by atoms with E-state index in [0.717, 1.165) is 5.56 Å². The quantitative estimate of drug-likeness (QED) is 0.0205. The van der Waals surface area contributed by atoms with Gasteiger partial charge in [0.2, 0.25) is 29.5 Å². The van der Waals surface area contributed by atoms with E-state index in [1.807, 2.05) is 0 Å². The number of benzene rings is 3. The second kappa shape index (κ2) is 26.5. The fraction of sp³-hybridized carbons (Fsp3) is 0.381. The molecule has 20 heteroatoms. The van der Waals surface area contributed by atoms with Gasteiger partial charge in [-0.15, -0.1) is 0 Å². The molecule has 0 saturated carbocycles. The predicted octanol–water partition coefficient (Wildman–Crippen LogP) is -5.16. The normalized spacial score (nSPS) is 13.1. The van der Waals surface area contributed by atoms with Crippen molar-refractivity contribution in [2.24, 2.45) is 11.5 Å². The van der Waals surface area contributed by atoms with Crippen molar-refractivity contribution in [2.75, 3.05) is 31.6 Å². The standard InChI is InChI=1S/C42H56N10O9S/c1-62-20-18-32(39(58)50-31(13-8-19-46-42(44)45)38(57)52-34(41(60)61)23-27-11-6-3-7-12-27)51-40(59)33(22-26-9-4-2-5-10-26)49-36(55)25-47-35(54)24-48-37(56)30(43)21-28-14-16-29(53)17-15-28/h2-7,9-12,14-17,30-34,53H,8,13,18-25,43H2,1H3,(H,47,54)(H,48,56)(H,49,55)(H,50,58)(H,51,59)(H,52,57)(H,60,61)(H4,44,45,46)/p+1/t30-,31-,32-,33-,34-/m0/s1. The molecule has 0 heterocycles. The van der Waals surface area contributed by atoms with Crippen LogP contribution in [0.2, 0.25) is 0 Å². The van der Waals surface area contributed by atoms with E-state index in [-0.39, 0.29) is 56.8 Å². The number of thioether (sulfide) groups is 1. The number of carbonyl (C=O) groups is 7. The zero-order valence-electron chi connectivity index (χ0n) is 34.5. The number of carboxylic acid groups (broad SMARTS) is 1. The van der Waals surface area contributed by atoms with E-state index in [9.17, 15) is 43.8 Å². The van der Waals surface area contributed by atoms with Gasteiger partial charge in [-0.25, -0.2) is 0 Å². The SMILES string of the molecule is CSCC[C@H](NC(=O)[C@H](Cc1ccccc1)NC(=O)CNC(=O)CNC(=O)[C@@H]([NH3+])Cc1ccc(O)cc1)C(=O)N[C@@H](CCC[NH+]=C(N)N)C(=O)N[C@@H](Cc1ccccc1)C(=O)[O-]. The second-order valence-corrected chi connectivity index (χ2v) is 15.4.